The smallest absolute Gasteiger partial charge is 0.336 e. The van der Waals surface area contributed by atoms with Gasteiger partial charge in [-0.05, 0) is 44.4 Å². The normalized spacial score (nSPS) is 19.2. The van der Waals surface area contributed by atoms with Gasteiger partial charge < -0.3 is 19.5 Å². The number of ketones is 1. The number of benzene rings is 1. The molecule has 0 radical (unpaired) electrons. The molecule has 6 nitrogen and oxygen atoms in total. The summed E-state index contributed by atoms with van der Waals surface area (Å²) in [7, 11) is 3.03. The van der Waals surface area contributed by atoms with Crippen LogP contribution in [0.1, 0.15) is 44.6 Å². The van der Waals surface area contributed by atoms with E-state index in [0.29, 0.717) is 45.3 Å². The maximum Gasteiger partial charge on any atom is 0.336 e. The number of methoxy groups -OCH3 is 2. The van der Waals surface area contributed by atoms with Crippen LogP contribution in [-0.2, 0) is 14.3 Å². The lowest BCUT2D eigenvalue weighted by atomic mass is 9.75. The van der Waals surface area contributed by atoms with Gasteiger partial charge in [0.05, 0.1) is 31.4 Å². The monoisotopic (exact) mass is 405 g/mol. The van der Waals surface area contributed by atoms with Crippen LogP contribution < -0.4 is 14.8 Å². The zero-order valence-electron chi connectivity index (χ0n) is 16.5. The summed E-state index contributed by atoms with van der Waals surface area (Å²) in [6, 6.07) is 3.48. The highest BCUT2D eigenvalue weighted by Gasteiger charge is 2.39. The number of ether oxygens (including phenoxy) is 3. The molecule has 0 saturated carbocycles. The number of hydrogen-bond donors (Lipinski definition) is 1. The second-order valence-electron chi connectivity index (χ2n) is 6.72. The molecule has 150 valence electrons. The predicted octanol–water partition coefficient (Wildman–Crippen LogP) is 3.89. The molecule has 28 heavy (non-hydrogen) atoms. The number of Topliss-reactive ketones (excluding diaryl/α,β-unsaturated/α-hetero) is 1. The van der Waals surface area contributed by atoms with Crippen LogP contribution in [0.2, 0.25) is 5.02 Å². The second-order valence-corrected chi connectivity index (χ2v) is 7.13. The maximum atomic E-state index is 12.8. The second kappa shape index (κ2) is 8.27. The Labute approximate surface area is 169 Å². The van der Waals surface area contributed by atoms with Crippen LogP contribution in [-0.4, -0.2) is 32.6 Å². The van der Waals surface area contributed by atoms with Gasteiger partial charge in [-0.25, -0.2) is 4.79 Å². The molecule has 7 heteroatoms. The van der Waals surface area contributed by atoms with Gasteiger partial charge in [-0.2, -0.15) is 0 Å². The van der Waals surface area contributed by atoms with Gasteiger partial charge >= 0.3 is 5.97 Å². The number of dihydropyridines is 1. The summed E-state index contributed by atoms with van der Waals surface area (Å²) in [6.07, 6.45) is 1.99. The number of carbonyl (C=O) groups is 2. The summed E-state index contributed by atoms with van der Waals surface area (Å²) >= 11 is 6.42. The van der Waals surface area contributed by atoms with E-state index < -0.39 is 11.9 Å². The fourth-order valence-electron chi connectivity index (χ4n) is 3.90. The van der Waals surface area contributed by atoms with Crippen molar-refractivity contribution < 1.29 is 23.8 Å². The van der Waals surface area contributed by atoms with Crippen molar-refractivity contribution in [2.45, 2.75) is 39.0 Å². The van der Waals surface area contributed by atoms with E-state index in [9.17, 15) is 9.59 Å². The molecule has 1 aliphatic carbocycles. The molecule has 0 aromatic heterocycles. The summed E-state index contributed by atoms with van der Waals surface area (Å²) < 4.78 is 16.0. The standard InChI is InChI=1S/C21H24ClNO5/c1-5-28-21(25)17-11(2)23-14-7-6-8-15(24)19(14)18(17)12-9-13(22)20(27-4)16(10-12)26-3/h9-10,18,23H,5-8H2,1-4H3/t18-/m0/s1. The molecule has 3 rings (SSSR count). The van der Waals surface area contributed by atoms with Crippen molar-refractivity contribution in [3.8, 4) is 11.5 Å². The van der Waals surface area contributed by atoms with Gasteiger partial charge in [0.1, 0.15) is 0 Å². The molecule has 1 heterocycles. The van der Waals surface area contributed by atoms with Crippen LogP contribution in [0.4, 0.5) is 0 Å². The van der Waals surface area contributed by atoms with E-state index in [4.69, 9.17) is 25.8 Å². The van der Waals surface area contributed by atoms with Crippen LogP contribution in [0.25, 0.3) is 0 Å². The van der Waals surface area contributed by atoms with E-state index in [0.717, 1.165) is 18.5 Å². The van der Waals surface area contributed by atoms with Gasteiger partial charge in [0.15, 0.2) is 17.3 Å². The number of halogens is 1. The number of rotatable bonds is 5. The van der Waals surface area contributed by atoms with Gasteiger partial charge in [-0.1, -0.05) is 11.6 Å². The van der Waals surface area contributed by atoms with Gasteiger partial charge in [-0.3, -0.25) is 4.79 Å². The quantitative estimate of drug-likeness (QED) is 0.749. The Balaban J connectivity index is 2.23. The van der Waals surface area contributed by atoms with Crippen LogP contribution in [0, 0.1) is 0 Å². The lowest BCUT2D eigenvalue weighted by molar-refractivity contribution is -0.138. The number of hydrogen-bond acceptors (Lipinski definition) is 6. The van der Waals surface area contributed by atoms with Crippen molar-refractivity contribution in [2.75, 3.05) is 20.8 Å². The fraction of sp³-hybridized carbons (Fsp3) is 0.429. The van der Waals surface area contributed by atoms with Crippen LogP contribution in [0.15, 0.2) is 34.7 Å². The average Bonchev–Trinajstić information content (AvgIpc) is 2.66. The lowest BCUT2D eigenvalue weighted by Gasteiger charge is -2.34. The molecule has 0 spiro atoms. The number of nitrogens with one attached hydrogen (secondary N) is 1. The third-order valence-electron chi connectivity index (χ3n) is 5.06. The Kier molecular flexibility index (Phi) is 5.98. The zero-order valence-corrected chi connectivity index (χ0v) is 17.2. The Morgan fingerprint density at radius 2 is 2.00 bits per heavy atom. The van der Waals surface area contributed by atoms with E-state index in [1.54, 1.807) is 19.1 Å². The highest BCUT2D eigenvalue weighted by molar-refractivity contribution is 6.32. The van der Waals surface area contributed by atoms with Crippen molar-refractivity contribution in [1.82, 2.24) is 5.32 Å². The SMILES string of the molecule is CCOC(=O)C1=C(C)NC2=C(C(=O)CCC2)[C@H]1c1cc(Cl)c(OC)c(OC)c1. The first-order valence-corrected chi connectivity index (χ1v) is 9.63. The minimum absolute atomic E-state index is 0.0268. The minimum atomic E-state index is -0.569. The zero-order chi connectivity index (χ0) is 20.4. The maximum absolute atomic E-state index is 12.8. The molecular weight excluding hydrogens is 382 g/mol. The topological polar surface area (TPSA) is 73.9 Å². The molecule has 0 amide bonds. The Morgan fingerprint density at radius 3 is 2.64 bits per heavy atom. The van der Waals surface area contributed by atoms with Crippen molar-refractivity contribution in [3.63, 3.8) is 0 Å². The van der Waals surface area contributed by atoms with Gasteiger partial charge in [0.2, 0.25) is 0 Å². The van der Waals surface area contributed by atoms with E-state index in [1.165, 1.54) is 14.2 Å². The van der Waals surface area contributed by atoms with Crippen molar-refractivity contribution in [1.29, 1.82) is 0 Å². The molecule has 2 aliphatic rings. The third-order valence-corrected chi connectivity index (χ3v) is 5.34. The minimum Gasteiger partial charge on any atom is -0.493 e. The predicted molar refractivity (Wildman–Crippen MR) is 106 cm³/mol. The van der Waals surface area contributed by atoms with E-state index >= 15 is 0 Å². The Bertz CT molecular complexity index is 887. The first-order chi connectivity index (χ1) is 13.4. The third kappa shape index (κ3) is 3.49. The first-order valence-electron chi connectivity index (χ1n) is 9.25. The molecule has 1 atom stereocenters. The molecule has 0 fully saturated rings. The van der Waals surface area contributed by atoms with E-state index in [2.05, 4.69) is 5.32 Å². The highest BCUT2D eigenvalue weighted by Crippen LogP contribution is 2.46. The Hall–Kier alpha value is -2.47. The van der Waals surface area contributed by atoms with Crippen molar-refractivity contribution in [3.05, 3.63) is 45.3 Å². The van der Waals surface area contributed by atoms with E-state index in [-0.39, 0.29) is 12.4 Å². The van der Waals surface area contributed by atoms with Crippen LogP contribution in [0.5, 0.6) is 11.5 Å². The molecular formula is C21H24ClNO5. The van der Waals surface area contributed by atoms with Gasteiger partial charge in [0, 0.05) is 29.3 Å². The lowest BCUT2D eigenvalue weighted by Crippen LogP contribution is -2.34. The largest absolute Gasteiger partial charge is 0.493 e. The van der Waals surface area contributed by atoms with Crippen LogP contribution >= 0.6 is 11.6 Å². The van der Waals surface area contributed by atoms with Crippen molar-refractivity contribution in [2.24, 2.45) is 0 Å². The summed E-state index contributed by atoms with van der Waals surface area (Å²) in [6.45, 7) is 3.82. The molecule has 0 saturated heterocycles. The molecule has 0 bridgehead atoms. The summed E-state index contributed by atoms with van der Waals surface area (Å²) in [4.78, 5) is 25.6. The highest BCUT2D eigenvalue weighted by atomic mass is 35.5. The first kappa shape index (κ1) is 20.3. The van der Waals surface area contributed by atoms with Crippen molar-refractivity contribution >= 4 is 23.4 Å². The summed E-state index contributed by atoms with van der Waals surface area (Å²) in [5.74, 6) is -0.146. The number of esters is 1. The fourth-order valence-corrected chi connectivity index (χ4v) is 4.20. The van der Waals surface area contributed by atoms with E-state index in [1.807, 2.05) is 6.92 Å². The van der Waals surface area contributed by atoms with Crippen LogP contribution in [0.3, 0.4) is 0 Å². The number of carbonyl (C=O) groups excluding carboxylic acids is 2. The Morgan fingerprint density at radius 1 is 1.25 bits per heavy atom. The molecule has 0 unspecified atom stereocenters. The molecule has 1 aromatic carbocycles. The van der Waals surface area contributed by atoms with Gasteiger partial charge in [-0.15, -0.1) is 0 Å². The van der Waals surface area contributed by atoms with Gasteiger partial charge in [0.25, 0.3) is 0 Å². The molecule has 1 N–H and O–H groups in total. The summed E-state index contributed by atoms with van der Waals surface area (Å²) in [5.41, 5.74) is 3.25. The number of allylic oxidation sites excluding steroid dienone is 3. The molecule has 1 aromatic rings. The summed E-state index contributed by atoms with van der Waals surface area (Å²) in [5, 5.41) is 3.60. The average molecular weight is 406 g/mol. The molecule has 1 aliphatic heterocycles.